The molecule has 1 N–H and O–H groups in total. The average Bonchev–Trinajstić information content (AvgIpc) is 2.66. The van der Waals surface area contributed by atoms with Crippen LogP contribution >= 0.6 is 0 Å². The predicted molar refractivity (Wildman–Crippen MR) is 96.5 cm³/mol. The largest absolute Gasteiger partial charge is 0.481 e. The summed E-state index contributed by atoms with van der Waals surface area (Å²) in [6.45, 7) is 5.73. The molecule has 9 nitrogen and oxygen atoms in total. The SMILES string of the molecule is CCCC.COC(=O)C(C(=O)OC)c1cc(C(C)C(=O)O)ccc1[N+](=O)[O-]. The van der Waals surface area contributed by atoms with Gasteiger partial charge in [0.05, 0.1) is 30.6 Å². The van der Waals surface area contributed by atoms with Crippen LogP contribution in [0, 0.1) is 10.1 Å². The minimum atomic E-state index is -1.67. The summed E-state index contributed by atoms with van der Waals surface area (Å²) in [6, 6.07) is 3.43. The van der Waals surface area contributed by atoms with Crippen molar-refractivity contribution in [1.29, 1.82) is 0 Å². The molecule has 27 heavy (non-hydrogen) atoms. The normalized spacial score (nSPS) is 11.0. The first-order valence-electron chi connectivity index (χ1n) is 8.32. The molecule has 0 aliphatic heterocycles. The lowest BCUT2D eigenvalue weighted by Crippen LogP contribution is -2.25. The number of hydrogen-bond acceptors (Lipinski definition) is 7. The molecule has 0 bridgehead atoms. The minimum Gasteiger partial charge on any atom is -0.481 e. The van der Waals surface area contributed by atoms with Crippen LogP contribution in [0.3, 0.4) is 0 Å². The third kappa shape index (κ3) is 6.69. The number of rotatable bonds is 7. The maximum Gasteiger partial charge on any atom is 0.324 e. The first-order chi connectivity index (χ1) is 12.7. The van der Waals surface area contributed by atoms with Gasteiger partial charge < -0.3 is 14.6 Å². The molecule has 1 rings (SSSR count). The first kappa shape index (κ1) is 24.0. The third-order valence-electron chi connectivity index (χ3n) is 3.80. The molecule has 1 aromatic carbocycles. The highest BCUT2D eigenvalue weighted by Gasteiger charge is 2.36. The van der Waals surface area contributed by atoms with Crippen molar-refractivity contribution in [3.05, 3.63) is 39.4 Å². The van der Waals surface area contributed by atoms with Gasteiger partial charge in [0.15, 0.2) is 5.92 Å². The lowest BCUT2D eigenvalue weighted by Gasteiger charge is -2.15. The molecule has 0 amide bonds. The van der Waals surface area contributed by atoms with Gasteiger partial charge in [0.25, 0.3) is 5.69 Å². The Bertz CT molecular complexity index is 668. The summed E-state index contributed by atoms with van der Waals surface area (Å²) in [5.74, 6) is -5.89. The molecular weight excluding hydrogens is 358 g/mol. The number of nitro benzene ring substituents is 1. The fourth-order valence-electron chi connectivity index (χ4n) is 1.97. The van der Waals surface area contributed by atoms with Gasteiger partial charge in [-0.3, -0.25) is 24.5 Å². The topological polar surface area (TPSA) is 133 Å². The van der Waals surface area contributed by atoms with Crippen LogP contribution in [-0.4, -0.2) is 42.2 Å². The molecule has 150 valence electrons. The molecule has 0 fully saturated rings. The second-order valence-corrected chi connectivity index (χ2v) is 5.61. The molecule has 0 saturated carbocycles. The first-order valence-corrected chi connectivity index (χ1v) is 8.32. The molecule has 0 radical (unpaired) electrons. The molecular formula is C18H25NO8. The van der Waals surface area contributed by atoms with Crippen LogP contribution in [0.2, 0.25) is 0 Å². The molecule has 0 aliphatic carbocycles. The van der Waals surface area contributed by atoms with Crippen LogP contribution in [0.5, 0.6) is 0 Å². The number of esters is 2. The number of carbonyl (C=O) groups excluding carboxylic acids is 2. The monoisotopic (exact) mass is 383 g/mol. The standard InChI is InChI=1S/C14H15NO8.C4H10/c1-7(12(16)17)8-4-5-10(15(20)21)9(6-8)11(13(18)22-2)14(19)23-3;1-3-4-2/h4-7,11H,1-3H3,(H,16,17);3-4H2,1-2H3. The number of nitrogens with zero attached hydrogens (tertiary/aromatic N) is 1. The van der Waals surface area contributed by atoms with E-state index >= 15 is 0 Å². The van der Waals surface area contributed by atoms with Crippen molar-refractivity contribution in [2.75, 3.05) is 14.2 Å². The fraction of sp³-hybridized carbons (Fsp3) is 0.500. The number of carbonyl (C=O) groups is 3. The van der Waals surface area contributed by atoms with Gasteiger partial charge in [-0.05, 0) is 18.6 Å². The predicted octanol–water partition coefficient (Wildman–Crippen LogP) is 3.02. The number of nitro groups is 1. The Balaban J connectivity index is 0.00000153. The van der Waals surface area contributed by atoms with Gasteiger partial charge in [-0.1, -0.05) is 32.8 Å². The van der Waals surface area contributed by atoms with Crippen LogP contribution < -0.4 is 0 Å². The van der Waals surface area contributed by atoms with Gasteiger partial charge in [0.2, 0.25) is 0 Å². The Kier molecular flexibility index (Phi) is 10.3. The molecule has 1 atom stereocenters. The quantitative estimate of drug-likeness (QED) is 0.329. The Morgan fingerprint density at radius 2 is 1.59 bits per heavy atom. The number of unbranched alkanes of at least 4 members (excludes halogenated alkanes) is 1. The van der Waals surface area contributed by atoms with Crippen molar-refractivity contribution < 1.29 is 33.9 Å². The smallest absolute Gasteiger partial charge is 0.324 e. The third-order valence-corrected chi connectivity index (χ3v) is 3.80. The van der Waals surface area contributed by atoms with E-state index in [1.165, 1.54) is 25.8 Å². The van der Waals surface area contributed by atoms with Gasteiger partial charge in [-0.2, -0.15) is 0 Å². The molecule has 0 saturated heterocycles. The van der Waals surface area contributed by atoms with E-state index in [9.17, 15) is 24.5 Å². The summed E-state index contributed by atoms with van der Waals surface area (Å²) in [5, 5.41) is 20.2. The van der Waals surface area contributed by atoms with E-state index in [4.69, 9.17) is 5.11 Å². The zero-order valence-electron chi connectivity index (χ0n) is 16.1. The fourth-order valence-corrected chi connectivity index (χ4v) is 1.97. The van der Waals surface area contributed by atoms with E-state index in [-0.39, 0.29) is 11.1 Å². The number of carboxylic acid groups (broad SMARTS) is 1. The van der Waals surface area contributed by atoms with Crippen molar-refractivity contribution in [3.8, 4) is 0 Å². The molecule has 0 aromatic heterocycles. The number of benzene rings is 1. The lowest BCUT2D eigenvalue weighted by molar-refractivity contribution is -0.385. The Labute approximate surface area is 157 Å². The van der Waals surface area contributed by atoms with E-state index in [1.54, 1.807) is 0 Å². The Morgan fingerprint density at radius 3 is 1.93 bits per heavy atom. The second kappa shape index (κ2) is 11.6. The molecule has 0 aliphatic rings. The van der Waals surface area contributed by atoms with Gasteiger partial charge in [-0.25, -0.2) is 0 Å². The van der Waals surface area contributed by atoms with Crippen LogP contribution in [0.4, 0.5) is 5.69 Å². The summed E-state index contributed by atoms with van der Waals surface area (Å²) in [4.78, 5) is 45.1. The summed E-state index contributed by atoms with van der Waals surface area (Å²) >= 11 is 0. The van der Waals surface area contributed by atoms with Crippen LogP contribution in [-0.2, 0) is 23.9 Å². The highest BCUT2D eigenvalue weighted by molar-refractivity contribution is 6.01. The van der Waals surface area contributed by atoms with E-state index in [1.807, 2.05) is 0 Å². The molecule has 0 spiro atoms. The van der Waals surface area contributed by atoms with Crippen molar-refractivity contribution in [1.82, 2.24) is 0 Å². The second-order valence-electron chi connectivity index (χ2n) is 5.61. The van der Waals surface area contributed by atoms with Crippen LogP contribution in [0.1, 0.15) is 56.6 Å². The van der Waals surface area contributed by atoms with Crippen LogP contribution in [0.15, 0.2) is 18.2 Å². The van der Waals surface area contributed by atoms with Gasteiger partial charge in [0, 0.05) is 6.07 Å². The van der Waals surface area contributed by atoms with Crippen molar-refractivity contribution >= 4 is 23.6 Å². The number of methoxy groups -OCH3 is 2. The Morgan fingerprint density at radius 1 is 1.11 bits per heavy atom. The van der Waals surface area contributed by atoms with Gasteiger partial charge in [-0.15, -0.1) is 0 Å². The molecule has 0 heterocycles. The lowest BCUT2D eigenvalue weighted by atomic mass is 9.91. The number of ether oxygens (including phenoxy) is 2. The summed E-state index contributed by atoms with van der Waals surface area (Å²) in [7, 11) is 2.04. The minimum absolute atomic E-state index is 0.205. The van der Waals surface area contributed by atoms with Crippen molar-refractivity contribution in [2.45, 2.75) is 45.4 Å². The maximum atomic E-state index is 11.8. The number of aliphatic carboxylic acids is 1. The van der Waals surface area contributed by atoms with Crippen LogP contribution in [0.25, 0.3) is 0 Å². The molecule has 1 aromatic rings. The van der Waals surface area contributed by atoms with E-state index in [0.717, 1.165) is 26.4 Å². The van der Waals surface area contributed by atoms with Gasteiger partial charge in [0.1, 0.15) is 0 Å². The Hall–Kier alpha value is -2.97. The highest BCUT2D eigenvalue weighted by atomic mass is 16.6. The average molecular weight is 383 g/mol. The van der Waals surface area contributed by atoms with E-state index < -0.39 is 40.4 Å². The molecule has 9 heteroatoms. The highest BCUT2D eigenvalue weighted by Crippen LogP contribution is 2.32. The summed E-state index contributed by atoms with van der Waals surface area (Å²) < 4.78 is 8.99. The summed E-state index contributed by atoms with van der Waals surface area (Å²) in [6.07, 6.45) is 2.64. The number of hydrogen-bond donors (Lipinski definition) is 1. The molecule has 1 unspecified atom stereocenters. The van der Waals surface area contributed by atoms with Gasteiger partial charge >= 0.3 is 17.9 Å². The number of carboxylic acids is 1. The van der Waals surface area contributed by atoms with E-state index in [0.29, 0.717) is 0 Å². The zero-order chi connectivity index (χ0) is 21.1. The summed E-state index contributed by atoms with van der Waals surface area (Å²) in [5.41, 5.74) is -0.581. The maximum absolute atomic E-state index is 11.8. The van der Waals surface area contributed by atoms with Crippen molar-refractivity contribution in [3.63, 3.8) is 0 Å². The van der Waals surface area contributed by atoms with Crippen molar-refractivity contribution in [2.24, 2.45) is 0 Å². The zero-order valence-corrected chi connectivity index (χ0v) is 16.1. The van der Waals surface area contributed by atoms with E-state index in [2.05, 4.69) is 23.3 Å².